The van der Waals surface area contributed by atoms with Crippen LogP contribution < -0.4 is 0 Å². The second-order valence-electron chi connectivity index (χ2n) is 4.23. The maximum absolute atomic E-state index is 4.01. The molecule has 0 aliphatic rings. The van der Waals surface area contributed by atoms with Gasteiger partial charge in [-0.1, -0.05) is 40.2 Å². The summed E-state index contributed by atoms with van der Waals surface area (Å²) in [5.74, 6) is 0.847. The molecule has 0 aromatic carbocycles. The van der Waals surface area contributed by atoms with Gasteiger partial charge in [0.2, 0.25) is 0 Å². The SMILES string of the molecule is C=C(CC)N(C)CCCCC(C)C. The topological polar surface area (TPSA) is 3.24 Å². The summed E-state index contributed by atoms with van der Waals surface area (Å²) in [7, 11) is 2.14. The highest BCUT2D eigenvalue weighted by molar-refractivity contribution is 4.90. The molecular formula is C12H25N. The highest BCUT2D eigenvalue weighted by Crippen LogP contribution is 2.09. The van der Waals surface area contributed by atoms with Gasteiger partial charge in [0, 0.05) is 19.3 Å². The molecule has 0 aliphatic heterocycles. The van der Waals surface area contributed by atoms with Gasteiger partial charge in [0.1, 0.15) is 0 Å². The Bertz CT molecular complexity index is 138. The van der Waals surface area contributed by atoms with Crippen molar-refractivity contribution in [2.45, 2.75) is 46.5 Å². The van der Waals surface area contributed by atoms with Gasteiger partial charge in [-0.05, 0) is 18.8 Å². The second-order valence-corrected chi connectivity index (χ2v) is 4.23. The lowest BCUT2D eigenvalue weighted by Gasteiger charge is -2.20. The van der Waals surface area contributed by atoms with E-state index in [2.05, 4.69) is 39.3 Å². The van der Waals surface area contributed by atoms with E-state index >= 15 is 0 Å². The van der Waals surface area contributed by atoms with Crippen LogP contribution in [-0.2, 0) is 0 Å². The normalized spacial score (nSPS) is 10.5. The molecule has 78 valence electrons. The first kappa shape index (κ1) is 12.5. The third kappa shape index (κ3) is 6.68. The molecule has 0 bridgehead atoms. The number of nitrogens with zero attached hydrogens (tertiary/aromatic N) is 1. The lowest BCUT2D eigenvalue weighted by molar-refractivity contribution is 0.383. The van der Waals surface area contributed by atoms with Crippen LogP contribution in [0.4, 0.5) is 0 Å². The van der Waals surface area contributed by atoms with Crippen LogP contribution in [0.1, 0.15) is 46.5 Å². The van der Waals surface area contributed by atoms with Crippen molar-refractivity contribution in [3.05, 3.63) is 12.3 Å². The molecule has 0 spiro atoms. The monoisotopic (exact) mass is 183 g/mol. The standard InChI is InChI=1S/C12H25N/c1-6-12(4)13(5)10-8-7-9-11(2)3/h11H,4,6-10H2,1-3,5H3. The van der Waals surface area contributed by atoms with E-state index in [-0.39, 0.29) is 0 Å². The summed E-state index contributed by atoms with van der Waals surface area (Å²) in [6.45, 7) is 11.9. The highest BCUT2D eigenvalue weighted by atomic mass is 15.1. The van der Waals surface area contributed by atoms with Crippen LogP contribution in [0.5, 0.6) is 0 Å². The first-order valence-electron chi connectivity index (χ1n) is 5.46. The Labute approximate surface area is 83.8 Å². The Morgan fingerprint density at radius 3 is 2.38 bits per heavy atom. The van der Waals surface area contributed by atoms with Crippen LogP contribution in [-0.4, -0.2) is 18.5 Å². The van der Waals surface area contributed by atoms with Gasteiger partial charge >= 0.3 is 0 Å². The number of hydrogen-bond donors (Lipinski definition) is 0. The fraction of sp³-hybridized carbons (Fsp3) is 0.833. The quantitative estimate of drug-likeness (QED) is 0.544. The Morgan fingerprint density at radius 1 is 1.31 bits per heavy atom. The lowest BCUT2D eigenvalue weighted by atomic mass is 10.1. The molecule has 0 amide bonds. The molecule has 0 aromatic heterocycles. The van der Waals surface area contributed by atoms with E-state index in [1.54, 1.807) is 0 Å². The van der Waals surface area contributed by atoms with Gasteiger partial charge in [0.25, 0.3) is 0 Å². The summed E-state index contributed by atoms with van der Waals surface area (Å²) in [6, 6.07) is 0. The molecule has 0 heterocycles. The zero-order chi connectivity index (χ0) is 10.3. The van der Waals surface area contributed by atoms with Gasteiger partial charge in [-0.25, -0.2) is 0 Å². The van der Waals surface area contributed by atoms with Crippen molar-refractivity contribution < 1.29 is 0 Å². The van der Waals surface area contributed by atoms with Crippen LogP contribution >= 0.6 is 0 Å². The average Bonchev–Trinajstić information content (AvgIpc) is 2.10. The minimum Gasteiger partial charge on any atom is -0.378 e. The van der Waals surface area contributed by atoms with Crippen molar-refractivity contribution in [1.29, 1.82) is 0 Å². The average molecular weight is 183 g/mol. The van der Waals surface area contributed by atoms with Crippen molar-refractivity contribution in [2.75, 3.05) is 13.6 Å². The van der Waals surface area contributed by atoms with Crippen molar-refractivity contribution in [1.82, 2.24) is 4.90 Å². The van der Waals surface area contributed by atoms with E-state index in [1.165, 1.54) is 31.5 Å². The molecule has 0 radical (unpaired) electrons. The predicted molar refractivity (Wildman–Crippen MR) is 60.8 cm³/mol. The van der Waals surface area contributed by atoms with Gasteiger partial charge < -0.3 is 4.90 Å². The molecule has 0 saturated carbocycles. The Balaban J connectivity index is 3.37. The van der Waals surface area contributed by atoms with Crippen molar-refractivity contribution in [2.24, 2.45) is 5.92 Å². The van der Waals surface area contributed by atoms with E-state index in [1.807, 2.05) is 0 Å². The molecular weight excluding hydrogens is 158 g/mol. The van der Waals surface area contributed by atoms with Crippen molar-refractivity contribution in [3.63, 3.8) is 0 Å². The fourth-order valence-electron chi connectivity index (χ4n) is 1.33. The van der Waals surface area contributed by atoms with E-state index in [9.17, 15) is 0 Å². The summed E-state index contributed by atoms with van der Waals surface area (Å²) in [5, 5.41) is 0. The largest absolute Gasteiger partial charge is 0.378 e. The zero-order valence-corrected chi connectivity index (χ0v) is 9.77. The molecule has 0 fully saturated rings. The first-order valence-corrected chi connectivity index (χ1v) is 5.46. The van der Waals surface area contributed by atoms with Gasteiger partial charge in [-0.3, -0.25) is 0 Å². The molecule has 0 N–H and O–H groups in total. The fourth-order valence-corrected chi connectivity index (χ4v) is 1.33. The number of unbranched alkanes of at least 4 members (excludes halogenated alkanes) is 1. The summed E-state index contributed by atoms with van der Waals surface area (Å²) >= 11 is 0. The van der Waals surface area contributed by atoms with Gasteiger partial charge in [-0.2, -0.15) is 0 Å². The third-order valence-corrected chi connectivity index (χ3v) is 2.47. The minimum atomic E-state index is 0.847. The summed E-state index contributed by atoms with van der Waals surface area (Å²) in [5.41, 5.74) is 1.25. The molecule has 0 aliphatic carbocycles. The first-order chi connectivity index (χ1) is 6.07. The maximum atomic E-state index is 4.01. The smallest absolute Gasteiger partial charge is 0.0171 e. The maximum Gasteiger partial charge on any atom is 0.0171 e. The lowest BCUT2D eigenvalue weighted by Crippen LogP contribution is -2.17. The molecule has 0 rings (SSSR count). The molecule has 0 aromatic rings. The van der Waals surface area contributed by atoms with Crippen LogP contribution in [0, 0.1) is 5.92 Å². The van der Waals surface area contributed by atoms with Gasteiger partial charge in [0.05, 0.1) is 0 Å². The van der Waals surface area contributed by atoms with E-state index in [0.29, 0.717) is 0 Å². The van der Waals surface area contributed by atoms with Crippen molar-refractivity contribution in [3.8, 4) is 0 Å². The molecule has 0 unspecified atom stereocenters. The van der Waals surface area contributed by atoms with Crippen LogP contribution in [0.25, 0.3) is 0 Å². The van der Waals surface area contributed by atoms with E-state index in [0.717, 1.165) is 12.3 Å². The molecule has 1 heteroatoms. The summed E-state index contributed by atoms with van der Waals surface area (Å²) in [6.07, 6.45) is 5.07. The van der Waals surface area contributed by atoms with E-state index in [4.69, 9.17) is 0 Å². The van der Waals surface area contributed by atoms with Crippen LogP contribution in [0.3, 0.4) is 0 Å². The Hall–Kier alpha value is -0.460. The minimum absolute atomic E-state index is 0.847. The Morgan fingerprint density at radius 2 is 1.92 bits per heavy atom. The molecule has 0 atom stereocenters. The molecule has 1 nitrogen and oxygen atoms in total. The number of rotatable bonds is 7. The third-order valence-electron chi connectivity index (χ3n) is 2.47. The zero-order valence-electron chi connectivity index (χ0n) is 9.77. The summed E-state index contributed by atoms with van der Waals surface area (Å²) < 4.78 is 0. The van der Waals surface area contributed by atoms with Crippen LogP contribution in [0.15, 0.2) is 12.3 Å². The van der Waals surface area contributed by atoms with Crippen molar-refractivity contribution >= 4 is 0 Å². The summed E-state index contributed by atoms with van der Waals surface area (Å²) in [4.78, 5) is 2.28. The number of allylic oxidation sites excluding steroid dienone is 1. The molecule has 0 saturated heterocycles. The second kappa shape index (κ2) is 6.99. The number of hydrogen-bond acceptors (Lipinski definition) is 1. The van der Waals surface area contributed by atoms with E-state index < -0.39 is 0 Å². The molecule has 13 heavy (non-hydrogen) atoms. The van der Waals surface area contributed by atoms with Gasteiger partial charge in [0.15, 0.2) is 0 Å². The predicted octanol–water partition coefficient (Wildman–Crippen LogP) is 3.67. The Kier molecular flexibility index (Phi) is 6.75. The van der Waals surface area contributed by atoms with Gasteiger partial charge in [-0.15, -0.1) is 0 Å². The highest BCUT2D eigenvalue weighted by Gasteiger charge is 1.99. The van der Waals surface area contributed by atoms with Crippen LogP contribution in [0.2, 0.25) is 0 Å².